The standard InChI is InChI=1S/C42H69N7O8/c1-28(2)25-30(38(54)55)27-35(51)34(26-29-17-19-31(50)20-18-29)48-40(57)42(4)22-12-8-6-5-7-11-21-41(3,45)39(56)47-32(15-9-13-23-43)36(52)46-33(37(53)49-42)16-10-14-24-44/h5-6,17-20,28,30,32-34,50H,7-16,21-27,43-45H2,1-4H3,(H,46,52)(H,47,56)(H,48,57)(H,49,53)(H,54,55)/t30-,32+,33+,34+,41-,42+/m1/s1. The van der Waals surface area contributed by atoms with Gasteiger partial charge in [0.1, 0.15) is 23.4 Å². The van der Waals surface area contributed by atoms with Crippen molar-refractivity contribution < 1.29 is 39.0 Å². The quantitative estimate of drug-likeness (QED) is 0.0770. The number of rotatable bonds is 18. The molecule has 0 fully saturated rings. The summed E-state index contributed by atoms with van der Waals surface area (Å²) in [5.41, 5.74) is 15.7. The first kappa shape index (κ1) is 48.8. The number of carbonyl (C=O) groups is 6. The zero-order valence-electron chi connectivity index (χ0n) is 34.4. The minimum absolute atomic E-state index is 0.0102. The van der Waals surface area contributed by atoms with Crippen molar-refractivity contribution in [2.24, 2.45) is 29.0 Å². The lowest BCUT2D eigenvalue weighted by Gasteiger charge is -2.34. The van der Waals surface area contributed by atoms with Gasteiger partial charge in [0.2, 0.25) is 23.6 Å². The predicted molar refractivity (Wildman–Crippen MR) is 220 cm³/mol. The summed E-state index contributed by atoms with van der Waals surface area (Å²) in [7, 11) is 0. The molecule has 0 spiro atoms. The monoisotopic (exact) mass is 800 g/mol. The molecule has 57 heavy (non-hydrogen) atoms. The first-order valence-electron chi connectivity index (χ1n) is 20.5. The van der Waals surface area contributed by atoms with Crippen LogP contribution >= 0.6 is 0 Å². The Bertz CT molecular complexity index is 1500. The Morgan fingerprint density at radius 2 is 1.42 bits per heavy atom. The SMILES string of the molecule is CC(C)C[C@H](CC(=O)[C@H](Cc1ccc(O)cc1)NC(=O)[C@]1(C)CCCC=CCCC[C@@](C)(N)C(=O)N[C@@H](CCCCN)C(=O)N[C@@H](CCCCN)C(=O)N1)C(=O)O. The van der Waals surface area contributed by atoms with Crippen LogP contribution in [0.4, 0.5) is 0 Å². The number of nitrogens with one attached hydrogen (secondary N) is 4. The Morgan fingerprint density at radius 3 is 1.96 bits per heavy atom. The van der Waals surface area contributed by atoms with Gasteiger partial charge >= 0.3 is 5.97 Å². The van der Waals surface area contributed by atoms with Crippen molar-refractivity contribution in [3.8, 4) is 5.75 Å². The second kappa shape index (κ2) is 24.4. The zero-order valence-corrected chi connectivity index (χ0v) is 34.4. The number of phenolic OH excluding ortho intramolecular Hbond substituents is 1. The lowest BCUT2D eigenvalue weighted by Crippen LogP contribution is -2.63. The Hall–Kier alpha value is -4.34. The lowest BCUT2D eigenvalue weighted by molar-refractivity contribution is -0.144. The van der Waals surface area contributed by atoms with Crippen molar-refractivity contribution in [2.75, 3.05) is 13.1 Å². The number of carbonyl (C=O) groups excluding carboxylic acids is 5. The average molecular weight is 800 g/mol. The van der Waals surface area contributed by atoms with E-state index in [1.807, 2.05) is 26.0 Å². The second-order valence-electron chi connectivity index (χ2n) is 16.4. The Morgan fingerprint density at radius 1 is 0.860 bits per heavy atom. The summed E-state index contributed by atoms with van der Waals surface area (Å²) in [5.74, 6) is -4.86. The molecule has 1 aromatic rings. The molecule has 0 bridgehead atoms. The fraction of sp³-hybridized carbons (Fsp3) is 0.667. The number of ketones is 1. The van der Waals surface area contributed by atoms with E-state index in [4.69, 9.17) is 17.2 Å². The van der Waals surface area contributed by atoms with Crippen LogP contribution in [0.3, 0.4) is 0 Å². The molecule has 2 rings (SSSR count). The molecule has 1 aliphatic heterocycles. The molecule has 1 aliphatic rings. The summed E-state index contributed by atoms with van der Waals surface area (Å²) in [5, 5.41) is 31.2. The van der Waals surface area contributed by atoms with Gasteiger partial charge in [0.05, 0.1) is 17.5 Å². The molecule has 0 aromatic heterocycles. The number of allylic oxidation sites excluding steroid dienone is 2. The number of aliphatic carboxylic acids is 1. The molecule has 6 atom stereocenters. The molecule has 0 aliphatic carbocycles. The van der Waals surface area contributed by atoms with Crippen molar-refractivity contribution in [1.82, 2.24) is 21.3 Å². The van der Waals surface area contributed by atoms with Crippen LogP contribution in [0.5, 0.6) is 5.75 Å². The molecular formula is C42H69N7O8. The molecule has 1 heterocycles. The number of phenols is 1. The number of unbranched alkanes of at least 4 members (excludes halogenated alkanes) is 2. The lowest BCUT2D eigenvalue weighted by atomic mass is 9.88. The highest BCUT2D eigenvalue weighted by molar-refractivity contribution is 5.98. The molecule has 320 valence electrons. The molecule has 0 saturated carbocycles. The molecule has 12 N–H and O–H groups in total. The van der Waals surface area contributed by atoms with Gasteiger partial charge in [-0.15, -0.1) is 0 Å². The third-order valence-electron chi connectivity index (χ3n) is 10.5. The van der Waals surface area contributed by atoms with Crippen molar-refractivity contribution >= 4 is 35.4 Å². The van der Waals surface area contributed by atoms with Crippen LogP contribution in [0, 0.1) is 11.8 Å². The van der Waals surface area contributed by atoms with Crippen molar-refractivity contribution in [2.45, 2.75) is 153 Å². The van der Waals surface area contributed by atoms with Gasteiger partial charge in [-0.3, -0.25) is 28.8 Å². The van der Waals surface area contributed by atoms with Crippen LogP contribution in [-0.4, -0.2) is 87.9 Å². The van der Waals surface area contributed by atoms with Gasteiger partial charge < -0.3 is 48.7 Å². The third-order valence-corrected chi connectivity index (χ3v) is 10.5. The van der Waals surface area contributed by atoms with Crippen molar-refractivity contribution in [3.05, 3.63) is 42.0 Å². The molecule has 4 amide bonds. The van der Waals surface area contributed by atoms with E-state index < -0.39 is 70.5 Å². The van der Waals surface area contributed by atoms with E-state index in [1.54, 1.807) is 26.0 Å². The molecule has 0 radical (unpaired) electrons. The minimum atomic E-state index is -1.57. The van der Waals surface area contributed by atoms with Crippen LogP contribution in [0.15, 0.2) is 36.4 Å². The predicted octanol–water partition coefficient (Wildman–Crippen LogP) is 2.86. The topological polar surface area (TPSA) is 269 Å². The fourth-order valence-electron chi connectivity index (χ4n) is 6.88. The Kier molecular flexibility index (Phi) is 20.9. The zero-order chi connectivity index (χ0) is 42.6. The van der Waals surface area contributed by atoms with Gasteiger partial charge in [0.15, 0.2) is 5.78 Å². The van der Waals surface area contributed by atoms with E-state index in [2.05, 4.69) is 21.3 Å². The number of amides is 4. The maximum atomic E-state index is 14.4. The van der Waals surface area contributed by atoms with Gasteiger partial charge in [0, 0.05) is 6.42 Å². The number of carboxylic acids is 1. The molecule has 1 aromatic carbocycles. The van der Waals surface area contributed by atoms with Gasteiger partial charge in [-0.2, -0.15) is 0 Å². The molecule has 15 nitrogen and oxygen atoms in total. The van der Waals surface area contributed by atoms with Gasteiger partial charge in [0.25, 0.3) is 0 Å². The van der Waals surface area contributed by atoms with Crippen LogP contribution in [0.1, 0.15) is 123 Å². The highest BCUT2D eigenvalue weighted by atomic mass is 16.4. The summed E-state index contributed by atoms with van der Waals surface area (Å²) in [6, 6.07) is 2.90. The Labute approximate surface area is 338 Å². The second-order valence-corrected chi connectivity index (χ2v) is 16.4. The van der Waals surface area contributed by atoms with E-state index >= 15 is 0 Å². The number of carboxylic acid groups (broad SMARTS) is 1. The fourth-order valence-corrected chi connectivity index (χ4v) is 6.88. The highest BCUT2D eigenvalue weighted by Crippen LogP contribution is 2.22. The first-order valence-corrected chi connectivity index (χ1v) is 20.5. The van der Waals surface area contributed by atoms with E-state index in [9.17, 15) is 39.0 Å². The number of Topliss-reactive ketones (excluding diaryl/α,β-unsaturated/α-hetero) is 1. The van der Waals surface area contributed by atoms with Crippen LogP contribution < -0.4 is 38.5 Å². The smallest absolute Gasteiger partial charge is 0.306 e. The normalized spacial score (nSPS) is 24.0. The molecule has 0 saturated heterocycles. The third kappa shape index (κ3) is 17.4. The molecule has 15 heteroatoms. The maximum Gasteiger partial charge on any atom is 0.306 e. The van der Waals surface area contributed by atoms with Gasteiger partial charge in [-0.25, -0.2) is 0 Å². The maximum absolute atomic E-state index is 14.4. The van der Waals surface area contributed by atoms with E-state index in [-0.39, 0.29) is 50.2 Å². The molecular weight excluding hydrogens is 731 g/mol. The first-order chi connectivity index (χ1) is 26.9. The van der Waals surface area contributed by atoms with E-state index in [0.29, 0.717) is 76.4 Å². The summed E-state index contributed by atoms with van der Waals surface area (Å²) in [6.45, 7) is 7.70. The molecule has 0 unspecified atom stereocenters. The Balaban J connectivity index is 2.54. The highest BCUT2D eigenvalue weighted by Gasteiger charge is 2.40. The summed E-state index contributed by atoms with van der Waals surface area (Å²) in [4.78, 5) is 82.0. The van der Waals surface area contributed by atoms with Crippen LogP contribution in [0.25, 0.3) is 0 Å². The largest absolute Gasteiger partial charge is 0.508 e. The van der Waals surface area contributed by atoms with E-state index in [1.165, 1.54) is 12.1 Å². The number of nitrogens with two attached hydrogens (primary N) is 3. The van der Waals surface area contributed by atoms with Gasteiger partial charge in [-0.1, -0.05) is 38.1 Å². The number of hydrogen-bond acceptors (Lipinski definition) is 10. The number of benzene rings is 1. The summed E-state index contributed by atoms with van der Waals surface area (Å²) >= 11 is 0. The number of hydrogen-bond donors (Lipinski definition) is 9. The van der Waals surface area contributed by atoms with Crippen LogP contribution in [0.2, 0.25) is 0 Å². The van der Waals surface area contributed by atoms with Crippen LogP contribution in [-0.2, 0) is 35.2 Å². The van der Waals surface area contributed by atoms with E-state index in [0.717, 1.165) is 0 Å². The van der Waals surface area contributed by atoms with Gasteiger partial charge in [-0.05, 0) is 140 Å². The minimum Gasteiger partial charge on any atom is -0.508 e. The number of aromatic hydroxyl groups is 1. The van der Waals surface area contributed by atoms with Crippen molar-refractivity contribution in [1.29, 1.82) is 0 Å². The summed E-state index contributed by atoms with van der Waals surface area (Å²) in [6.07, 6.45) is 9.43. The summed E-state index contributed by atoms with van der Waals surface area (Å²) < 4.78 is 0. The average Bonchev–Trinajstić information content (AvgIpc) is 3.14. The van der Waals surface area contributed by atoms with Crippen molar-refractivity contribution in [3.63, 3.8) is 0 Å².